The minimum Gasteiger partial charge on any atom is -0.352 e. The minimum atomic E-state index is -3.73. The number of Topliss-reactive ketones (excluding diaryl/α,β-unsaturated/α-hetero) is 1. The number of amides is 1. The quantitative estimate of drug-likeness (QED) is 0.369. The van der Waals surface area contributed by atoms with Crippen LogP contribution >= 0.6 is 34.4 Å². The third kappa shape index (κ3) is 6.47. The molecule has 1 amide bonds. The molecule has 1 aromatic carbocycles. The normalized spacial score (nSPS) is 11.3. The van der Waals surface area contributed by atoms with Gasteiger partial charge in [-0.25, -0.2) is 18.5 Å². The van der Waals surface area contributed by atoms with E-state index in [1.807, 2.05) is 11.4 Å². The summed E-state index contributed by atoms with van der Waals surface area (Å²) in [6.07, 6.45) is 0.130. The molecule has 2 aromatic heterocycles. The molecule has 0 fully saturated rings. The van der Waals surface area contributed by atoms with Crippen molar-refractivity contribution in [1.29, 1.82) is 0 Å². The molecule has 0 aliphatic carbocycles. The summed E-state index contributed by atoms with van der Waals surface area (Å²) in [5, 5.41) is 11.5. The summed E-state index contributed by atoms with van der Waals surface area (Å²) >= 11 is 4.18. The fourth-order valence-electron chi connectivity index (χ4n) is 2.30. The lowest BCUT2D eigenvalue weighted by Crippen LogP contribution is -2.24. The zero-order valence-corrected chi connectivity index (χ0v) is 18.3. The molecule has 152 valence electrons. The second-order valence-electron chi connectivity index (χ2n) is 5.94. The summed E-state index contributed by atoms with van der Waals surface area (Å²) in [5.41, 5.74) is 1.40. The summed E-state index contributed by atoms with van der Waals surface area (Å²) in [6.45, 7) is 0.269. The molecule has 3 aromatic rings. The van der Waals surface area contributed by atoms with Gasteiger partial charge in [0.2, 0.25) is 15.9 Å². The number of sulfonamides is 1. The first kappa shape index (κ1) is 21.7. The molecular weight excluding hydrogens is 450 g/mol. The number of benzene rings is 1. The van der Waals surface area contributed by atoms with Gasteiger partial charge in [-0.2, -0.15) is 0 Å². The summed E-state index contributed by atoms with van der Waals surface area (Å²) in [6, 6.07) is 9.64. The van der Waals surface area contributed by atoms with Crippen molar-refractivity contribution < 1.29 is 18.0 Å². The number of nitrogens with one attached hydrogen (secondary N) is 1. The molecular formula is C18H17N3O4S4. The van der Waals surface area contributed by atoms with Crippen molar-refractivity contribution in [2.24, 2.45) is 5.14 Å². The molecule has 0 radical (unpaired) electrons. The van der Waals surface area contributed by atoms with Gasteiger partial charge in [-0.3, -0.25) is 9.59 Å². The SMILES string of the molecule is NS(=O)(=O)c1ccc(CNC(=O)Cc2csc(SCC(=O)c3cccs3)n2)cc1. The van der Waals surface area contributed by atoms with E-state index in [-0.39, 0.29) is 29.6 Å². The Bertz CT molecular complexity index is 1090. The van der Waals surface area contributed by atoms with E-state index in [0.717, 1.165) is 14.8 Å². The van der Waals surface area contributed by atoms with Gasteiger partial charge in [0.1, 0.15) is 0 Å². The summed E-state index contributed by atoms with van der Waals surface area (Å²) in [4.78, 5) is 29.3. The van der Waals surface area contributed by atoms with E-state index >= 15 is 0 Å². The van der Waals surface area contributed by atoms with Crippen molar-refractivity contribution in [2.75, 3.05) is 5.75 Å². The summed E-state index contributed by atoms with van der Waals surface area (Å²) in [5.74, 6) is 0.179. The number of primary sulfonamides is 1. The Morgan fingerprint density at radius 3 is 2.55 bits per heavy atom. The van der Waals surface area contributed by atoms with Gasteiger partial charge >= 0.3 is 0 Å². The fraction of sp³-hybridized carbons (Fsp3) is 0.167. The van der Waals surface area contributed by atoms with Crippen molar-refractivity contribution >= 4 is 56.1 Å². The lowest BCUT2D eigenvalue weighted by atomic mass is 10.2. The Morgan fingerprint density at radius 1 is 1.14 bits per heavy atom. The molecule has 29 heavy (non-hydrogen) atoms. The highest BCUT2D eigenvalue weighted by Gasteiger charge is 2.12. The van der Waals surface area contributed by atoms with Crippen LogP contribution in [0.5, 0.6) is 0 Å². The number of nitrogens with zero attached hydrogens (tertiary/aromatic N) is 1. The standard InChI is InChI=1S/C18H17N3O4S4/c19-29(24,25)14-5-3-12(4-6-14)9-20-17(23)8-13-10-27-18(21-13)28-11-15(22)16-2-1-7-26-16/h1-7,10H,8-9,11H2,(H,20,23)(H2,19,24,25). The van der Waals surface area contributed by atoms with Crippen LogP contribution in [-0.4, -0.2) is 30.8 Å². The number of hydrogen-bond donors (Lipinski definition) is 2. The second-order valence-corrected chi connectivity index (χ2v) is 10.5. The first-order valence-electron chi connectivity index (χ1n) is 8.33. The van der Waals surface area contributed by atoms with Crippen LogP contribution < -0.4 is 10.5 Å². The maximum absolute atomic E-state index is 12.1. The summed E-state index contributed by atoms with van der Waals surface area (Å²) < 4.78 is 23.2. The lowest BCUT2D eigenvalue weighted by Gasteiger charge is -2.05. The predicted octanol–water partition coefficient (Wildman–Crippen LogP) is 2.69. The zero-order valence-electron chi connectivity index (χ0n) is 15.0. The number of aromatic nitrogens is 1. The topological polar surface area (TPSA) is 119 Å². The van der Waals surface area contributed by atoms with Crippen LogP contribution in [0.3, 0.4) is 0 Å². The molecule has 0 spiro atoms. The molecule has 7 nitrogen and oxygen atoms in total. The van der Waals surface area contributed by atoms with E-state index < -0.39 is 10.0 Å². The van der Waals surface area contributed by atoms with E-state index in [4.69, 9.17) is 5.14 Å². The van der Waals surface area contributed by atoms with Gasteiger partial charge in [0, 0.05) is 11.9 Å². The van der Waals surface area contributed by atoms with Crippen molar-refractivity contribution in [2.45, 2.75) is 22.2 Å². The molecule has 0 aliphatic heterocycles. The van der Waals surface area contributed by atoms with Gasteiger partial charge in [-0.15, -0.1) is 22.7 Å². The highest BCUT2D eigenvalue weighted by atomic mass is 32.2. The van der Waals surface area contributed by atoms with E-state index in [1.165, 1.54) is 46.6 Å². The average molecular weight is 468 g/mol. The molecule has 2 heterocycles. The van der Waals surface area contributed by atoms with Gasteiger partial charge in [0.05, 0.1) is 27.6 Å². The lowest BCUT2D eigenvalue weighted by molar-refractivity contribution is -0.120. The molecule has 0 aliphatic rings. The zero-order chi connectivity index (χ0) is 20.9. The second kappa shape index (κ2) is 9.63. The predicted molar refractivity (Wildman–Crippen MR) is 115 cm³/mol. The number of carbonyl (C=O) groups excluding carboxylic acids is 2. The van der Waals surface area contributed by atoms with Crippen LogP contribution in [0, 0.1) is 0 Å². The average Bonchev–Trinajstić information content (AvgIpc) is 3.36. The largest absolute Gasteiger partial charge is 0.352 e. The van der Waals surface area contributed by atoms with Gasteiger partial charge in [0.25, 0.3) is 0 Å². The van der Waals surface area contributed by atoms with E-state index in [1.54, 1.807) is 23.6 Å². The number of rotatable bonds is 9. The Morgan fingerprint density at radius 2 is 1.90 bits per heavy atom. The number of nitrogens with two attached hydrogens (primary N) is 1. The Labute approximate surface area is 180 Å². The van der Waals surface area contributed by atoms with E-state index in [2.05, 4.69) is 10.3 Å². The van der Waals surface area contributed by atoms with E-state index in [9.17, 15) is 18.0 Å². The van der Waals surface area contributed by atoms with Crippen molar-refractivity contribution in [3.05, 3.63) is 63.3 Å². The third-order valence-electron chi connectivity index (χ3n) is 3.74. The molecule has 11 heteroatoms. The van der Waals surface area contributed by atoms with Gasteiger partial charge in [-0.1, -0.05) is 30.0 Å². The molecule has 0 saturated carbocycles. The Balaban J connectivity index is 1.45. The van der Waals surface area contributed by atoms with Gasteiger partial charge in [0.15, 0.2) is 10.1 Å². The molecule has 3 rings (SSSR count). The van der Waals surface area contributed by atoms with Crippen LogP contribution in [0.2, 0.25) is 0 Å². The van der Waals surface area contributed by atoms with Gasteiger partial charge in [-0.05, 0) is 29.1 Å². The molecule has 0 unspecified atom stereocenters. The first-order valence-corrected chi connectivity index (χ1v) is 12.6. The number of ketones is 1. The van der Waals surface area contributed by atoms with Crippen LogP contribution in [0.1, 0.15) is 20.9 Å². The smallest absolute Gasteiger partial charge is 0.238 e. The highest BCUT2D eigenvalue weighted by Crippen LogP contribution is 2.24. The number of hydrogen-bond acceptors (Lipinski definition) is 8. The molecule has 0 bridgehead atoms. The van der Waals surface area contributed by atoms with Crippen molar-refractivity contribution in [3.8, 4) is 0 Å². The molecule has 0 atom stereocenters. The third-order valence-corrected chi connectivity index (χ3v) is 7.65. The Hall–Kier alpha value is -2.05. The maximum Gasteiger partial charge on any atom is 0.238 e. The minimum absolute atomic E-state index is 0.0256. The first-order chi connectivity index (χ1) is 13.8. The molecule has 3 N–H and O–H groups in total. The van der Waals surface area contributed by atoms with Crippen molar-refractivity contribution in [1.82, 2.24) is 10.3 Å². The monoisotopic (exact) mass is 467 g/mol. The van der Waals surface area contributed by atoms with E-state index in [0.29, 0.717) is 11.4 Å². The number of thiazole rings is 1. The van der Waals surface area contributed by atoms with Crippen LogP contribution in [-0.2, 0) is 27.8 Å². The highest BCUT2D eigenvalue weighted by molar-refractivity contribution is 8.01. The Kier molecular flexibility index (Phi) is 7.19. The fourth-order valence-corrected chi connectivity index (χ4v) is 5.30. The maximum atomic E-state index is 12.1. The summed E-state index contributed by atoms with van der Waals surface area (Å²) in [7, 11) is -3.73. The number of carbonyl (C=O) groups is 2. The van der Waals surface area contributed by atoms with Crippen LogP contribution in [0.25, 0.3) is 0 Å². The van der Waals surface area contributed by atoms with Crippen LogP contribution in [0.4, 0.5) is 0 Å². The van der Waals surface area contributed by atoms with Crippen LogP contribution in [0.15, 0.2) is 56.4 Å². The number of thioether (sulfide) groups is 1. The molecule has 0 saturated heterocycles. The van der Waals surface area contributed by atoms with Gasteiger partial charge < -0.3 is 5.32 Å². The van der Waals surface area contributed by atoms with Crippen molar-refractivity contribution in [3.63, 3.8) is 0 Å². The number of thiophene rings is 1.